The zero-order valence-corrected chi connectivity index (χ0v) is 24.4. The molecule has 5 rings (SSSR count). The molecule has 0 radical (unpaired) electrons. The highest BCUT2D eigenvalue weighted by atomic mass is 16.1. The number of H-pyrrole nitrogens is 2. The maximum Gasteiger partial charge on any atom is 0.120 e. The van der Waals surface area contributed by atoms with Crippen molar-refractivity contribution in [3.63, 3.8) is 0 Å². The Bertz CT molecular complexity index is 1750. The van der Waals surface area contributed by atoms with Crippen LogP contribution in [0.15, 0.2) is 24.3 Å². The Morgan fingerprint density at radius 2 is 1.02 bits per heavy atom. The molecule has 2 aliphatic rings. The van der Waals surface area contributed by atoms with Crippen molar-refractivity contribution in [2.45, 2.75) is 80.1 Å². The van der Waals surface area contributed by atoms with Crippen molar-refractivity contribution < 1.29 is 9.59 Å². The van der Waals surface area contributed by atoms with Crippen LogP contribution < -0.4 is 0 Å². The Hall–Kier alpha value is -4.06. The van der Waals surface area contributed by atoms with Gasteiger partial charge in [0.1, 0.15) is 12.6 Å². The number of carbonyl (C=O) groups excluding carboxylic acids is 2. The van der Waals surface area contributed by atoms with Crippen molar-refractivity contribution in [3.05, 3.63) is 69.3 Å². The average molecular weight is 535 g/mol. The van der Waals surface area contributed by atoms with Crippen LogP contribution in [0.1, 0.15) is 98.4 Å². The third-order valence-corrected chi connectivity index (χ3v) is 8.53. The molecule has 0 amide bonds. The third-order valence-electron chi connectivity index (χ3n) is 8.53. The number of hydrogen-bond donors (Lipinski definition) is 2. The number of carbonyl (C=O) groups is 2. The second kappa shape index (κ2) is 11.2. The molecule has 0 fully saturated rings. The topological polar surface area (TPSA) is 91.5 Å². The van der Waals surface area contributed by atoms with E-state index in [0.29, 0.717) is 25.7 Å². The molecular formula is C34H38N4O2. The molecular weight excluding hydrogens is 496 g/mol. The summed E-state index contributed by atoms with van der Waals surface area (Å²) in [5.74, 6) is 0. The van der Waals surface area contributed by atoms with E-state index >= 15 is 0 Å². The highest BCUT2D eigenvalue weighted by Gasteiger charge is 2.21. The van der Waals surface area contributed by atoms with E-state index < -0.39 is 0 Å². The molecule has 40 heavy (non-hydrogen) atoms. The van der Waals surface area contributed by atoms with Crippen LogP contribution in [0.5, 0.6) is 0 Å². The molecule has 0 spiro atoms. The predicted octanol–water partition coefficient (Wildman–Crippen LogP) is 7.88. The van der Waals surface area contributed by atoms with Crippen LogP contribution in [-0.2, 0) is 22.4 Å². The van der Waals surface area contributed by atoms with Gasteiger partial charge in [-0.2, -0.15) is 0 Å². The van der Waals surface area contributed by atoms with E-state index in [2.05, 4.69) is 69.7 Å². The second-order valence-electron chi connectivity index (χ2n) is 10.8. The Kier molecular flexibility index (Phi) is 7.70. The fourth-order valence-electron chi connectivity index (χ4n) is 6.16. The lowest BCUT2D eigenvalue weighted by atomic mass is 9.98. The van der Waals surface area contributed by atoms with Crippen LogP contribution in [-0.4, -0.2) is 32.5 Å². The molecule has 0 aromatic carbocycles. The van der Waals surface area contributed by atoms with E-state index in [9.17, 15) is 9.59 Å². The SMILES string of the molecule is CCc1c(C)c2cc3[nH]c(cc4nc(cc5nc(cc1[nH]2)C(C)=C5CCC=O)C(CCC=O)=C4C)c(C)c3CC. The van der Waals surface area contributed by atoms with Gasteiger partial charge >= 0.3 is 0 Å². The minimum Gasteiger partial charge on any atom is -0.355 e. The maximum absolute atomic E-state index is 11.3. The number of allylic oxidation sites excluding steroid dienone is 4. The highest BCUT2D eigenvalue weighted by molar-refractivity contribution is 5.96. The normalized spacial score (nSPS) is 13.3. The van der Waals surface area contributed by atoms with Crippen LogP contribution in [0, 0.1) is 13.8 Å². The molecule has 2 N–H and O–H groups in total. The van der Waals surface area contributed by atoms with Gasteiger partial charge in [-0.05, 0) is 122 Å². The van der Waals surface area contributed by atoms with Gasteiger partial charge in [0.05, 0.1) is 22.8 Å². The van der Waals surface area contributed by atoms with E-state index in [1.54, 1.807) is 0 Å². The molecule has 0 aliphatic carbocycles. The van der Waals surface area contributed by atoms with Gasteiger partial charge in [0, 0.05) is 34.9 Å². The highest BCUT2D eigenvalue weighted by Crippen LogP contribution is 2.37. The standard InChI is InChI=1S/C34H38N4O2/c1-7-23-19(3)27-15-28-21(5)25(11-9-13-39)33(37-28)18-34-26(12-10-14-40)22(6)30(38-34)17-32-24(8-2)20(4)29(36-32)16-31(23)35-27/h13-18,35-36H,7-12H2,1-6H3. The number of nitrogens with one attached hydrogen (secondary N) is 2. The van der Waals surface area contributed by atoms with E-state index in [-0.39, 0.29) is 0 Å². The molecule has 0 unspecified atom stereocenters. The zero-order valence-electron chi connectivity index (χ0n) is 24.4. The average Bonchev–Trinajstić information content (AvgIpc) is 3.59. The van der Waals surface area contributed by atoms with Crippen molar-refractivity contribution in [1.82, 2.24) is 19.9 Å². The fraction of sp³-hybridized carbons (Fsp3) is 0.353. The number of aromatic amines is 2. The Labute approximate surface area is 235 Å². The summed E-state index contributed by atoms with van der Waals surface area (Å²) in [5.41, 5.74) is 17.1. The summed E-state index contributed by atoms with van der Waals surface area (Å²) < 4.78 is 0. The molecule has 5 heterocycles. The van der Waals surface area contributed by atoms with Gasteiger partial charge in [0.15, 0.2) is 0 Å². The number of rotatable bonds is 8. The summed E-state index contributed by atoms with van der Waals surface area (Å²) in [4.78, 5) is 40.2. The Balaban J connectivity index is 1.94. The van der Waals surface area contributed by atoms with E-state index in [1.165, 1.54) is 22.3 Å². The Morgan fingerprint density at radius 1 is 0.600 bits per heavy atom. The number of aryl methyl sites for hydroxylation is 4. The molecule has 3 aromatic rings. The summed E-state index contributed by atoms with van der Waals surface area (Å²) in [6, 6.07) is 8.56. The van der Waals surface area contributed by atoms with Crippen molar-refractivity contribution >= 4 is 56.9 Å². The lowest BCUT2D eigenvalue weighted by Gasteiger charge is -2.04. The number of fused-ring (bicyclic) bond motifs is 8. The number of nitrogens with zero attached hydrogens (tertiary/aromatic N) is 2. The quantitative estimate of drug-likeness (QED) is 0.288. The first-order valence-electron chi connectivity index (χ1n) is 14.3. The summed E-state index contributed by atoms with van der Waals surface area (Å²) in [5, 5.41) is 0. The maximum atomic E-state index is 11.3. The lowest BCUT2D eigenvalue weighted by molar-refractivity contribution is -0.108. The van der Waals surface area contributed by atoms with Gasteiger partial charge in [-0.15, -0.1) is 0 Å². The first kappa shape index (κ1) is 27.5. The van der Waals surface area contributed by atoms with Crippen LogP contribution in [0.25, 0.3) is 44.4 Å². The van der Waals surface area contributed by atoms with Crippen molar-refractivity contribution in [3.8, 4) is 0 Å². The van der Waals surface area contributed by atoms with E-state index in [4.69, 9.17) is 9.97 Å². The minimum absolute atomic E-state index is 0.437. The van der Waals surface area contributed by atoms with Crippen LogP contribution >= 0.6 is 0 Å². The molecule has 6 heteroatoms. The van der Waals surface area contributed by atoms with Crippen molar-refractivity contribution in [1.29, 1.82) is 0 Å². The van der Waals surface area contributed by atoms with Gasteiger partial charge < -0.3 is 19.6 Å². The van der Waals surface area contributed by atoms with Crippen LogP contribution in [0.2, 0.25) is 0 Å². The molecule has 6 nitrogen and oxygen atoms in total. The zero-order chi connectivity index (χ0) is 28.6. The first-order chi connectivity index (χ1) is 19.3. The van der Waals surface area contributed by atoms with Crippen molar-refractivity contribution in [2.24, 2.45) is 0 Å². The van der Waals surface area contributed by atoms with E-state index in [0.717, 1.165) is 92.5 Å². The summed E-state index contributed by atoms with van der Waals surface area (Å²) in [6.45, 7) is 12.9. The predicted molar refractivity (Wildman–Crippen MR) is 165 cm³/mol. The monoisotopic (exact) mass is 534 g/mol. The summed E-state index contributed by atoms with van der Waals surface area (Å²) >= 11 is 0. The largest absolute Gasteiger partial charge is 0.355 e. The molecule has 8 bridgehead atoms. The molecule has 2 aliphatic heterocycles. The lowest BCUT2D eigenvalue weighted by Crippen LogP contribution is -1.89. The third kappa shape index (κ3) is 4.76. The van der Waals surface area contributed by atoms with Gasteiger partial charge in [-0.3, -0.25) is 0 Å². The van der Waals surface area contributed by atoms with Crippen LogP contribution in [0.3, 0.4) is 0 Å². The van der Waals surface area contributed by atoms with Gasteiger partial charge in [0.25, 0.3) is 0 Å². The number of aromatic nitrogens is 4. The number of aldehydes is 2. The fourth-order valence-corrected chi connectivity index (χ4v) is 6.16. The van der Waals surface area contributed by atoms with Gasteiger partial charge in [-0.25, -0.2) is 9.97 Å². The summed E-state index contributed by atoms with van der Waals surface area (Å²) in [6.07, 6.45) is 5.87. The first-order valence-corrected chi connectivity index (χ1v) is 14.3. The molecule has 206 valence electrons. The van der Waals surface area contributed by atoms with Gasteiger partial charge in [0.2, 0.25) is 0 Å². The summed E-state index contributed by atoms with van der Waals surface area (Å²) in [7, 11) is 0. The minimum atomic E-state index is 0.437. The molecule has 0 atom stereocenters. The van der Waals surface area contributed by atoms with Gasteiger partial charge in [-0.1, -0.05) is 13.8 Å². The molecule has 0 saturated carbocycles. The molecule has 0 saturated heterocycles. The Morgan fingerprint density at radius 3 is 1.48 bits per heavy atom. The molecule has 3 aromatic heterocycles. The smallest absolute Gasteiger partial charge is 0.120 e. The van der Waals surface area contributed by atoms with Crippen molar-refractivity contribution in [2.75, 3.05) is 0 Å². The number of hydrogen-bond acceptors (Lipinski definition) is 4. The van der Waals surface area contributed by atoms with Crippen LogP contribution in [0.4, 0.5) is 0 Å². The van der Waals surface area contributed by atoms with E-state index in [1.807, 2.05) is 6.07 Å². The second-order valence-corrected chi connectivity index (χ2v) is 10.8.